The lowest BCUT2D eigenvalue weighted by Gasteiger charge is -2.11. The zero-order valence-electron chi connectivity index (χ0n) is 10.6. The summed E-state index contributed by atoms with van der Waals surface area (Å²) in [4.78, 5) is 4.33. The number of nitrogens with one attached hydrogen (secondary N) is 1. The van der Waals surface area contributed by atoms with E-state index in [0.717, 1.165) is 19.0 Å². The fourth-order valence-corrected chi connectivity index (χ4v) is 2.08. The van der Waals surface area contributed by atoms with Crippen LogP contribution in [0.15, 0.2) is 12.4 Å². The van der Waals surface area contributed by atoms with Crippen LogP contribution < -0.4 is 5.32 Å². The third-order valence-electron chi connectivity index (χ3n) is 2.34. The third kappa shape index (κ3) is 4.92. The molecule has 1 rings (SSSR count). The Kier molecular flexibility index (Phi) is 6.38. The van der Waals surface area contributed by atoms with Crippen molar-refractivity contribution in [1.29, 1.82) is 0 Å². The molecule has 0 aliphatic carbocycles. The predicted octanol–water partition coefficient (Wildman–Crippen LogP) is 3.09. The van der Waals surface area contributed by atoms with Gasteiger partial charge >= 0.3 is 0 Å². The summed E-state index contributed by atoms with van der Waals surface area (Å²) in [7, 11) is 0. The highest BCUT2D eigenvalue weighted by Gasteiger charge is 2.03. The normalized spacial score (nSPS) is 11.0. The summed E-state index contributed by atoms with van der Waals surface area (Å²) in [5.41, 5.74) is 0. The van der Waals surface area contributed by atoms with Crippen LogP contribution in [0, 0.1) is 5.92 Å². The predicted molar refractivity (Wildman–Crippen MR) is 73.2 cm³/mol. The highest BCUT2D eigenvalue weighted by molar-refractivity contribution is 7.98. The average molecular weight is 241 g/mol. The van der Waals surface area contributed by atoms with E-state index in [1.165, 1.54) is 18.6 Å². The maximum absolute atomic E-state index is 4.33. The molecular weight excluding hydrogens is 218 g/mol. The molecule has 0 atom stereocenters. The van der Waals surface area contributed by atoms with Crippen molar-refractivity contribution in [3.8, 4) is 0 Å². The Labute approximate surface area is 103 Å². The van der Waals surface area contributed by atoms with Gasteiger partial charge in [0.1, 0.15) is 0 Å². The fraction of sp³-hybridized carbons (Fsp3) is 0.750. The maximum atomic E-state index is 4.33. The number of imidazole rings is 1. The first-order valence-corrected chi connectivity index (χ1v) is 7.37. The van der Waals surface area contributed by atoms with Gasteiger partial charge in [0.15, 0.2) is 0 Å². The molecule has 0 saturated heterocycles. The molecule has 0 aliphatic rings. The Hall–Kier alpha value is -0.640. The first kappa shape index (κ1) is 13.4. The number of thioether (sulfide) groups is 1. The highest BCUT2D eigenvalue weighted by Crippen LogP contribution is 2.08. The number of unbranched alkanes of at least 4 members (excludes halogenated alkanes) is 1. The standard InChI is InChI=1S/C12H23N3S/c1-11(2)10-15-8-7-14-12(15)13-6-4-5-9-16-3/h7-8,11H,4-6,9-10H2,1-3H3,(H,13,14). The van der Waals surface area contributed by atoms with Crippen LogP contribution in [0.25, 0.3) is 0 Å². The Bertz CT molecular complexity index is 284. The molecule has 4 heteroatoms. The Morgan fingerprint density at radius 1 is 1.44 bits per heavy atom. The van der Waals surface area contributed by atoms with Crippen molar-refractivity contribution in [2.75, 3.05) is 23.9 Å². The van der Waals surface area contributed by atoms with Crippen LogP contribution in [0.1, 0.15) is 26.7 Å². The summed E-state index contributed by atoms with van der Waals surface area (Å²) in [5.74, 6) is 2.92. The van der Waals surface area contributed by atoms with Crippen molar-refractivity contribution in [3.63, 3.8) is 0 Å². The van der Waals surface area contributed by atoms with Crippen LogP contribution in [0.2, 0.25) is 0 Å². The van der Waals surface area contributed by atoms with Crippen LogP contribution >= 0.6 is 11.8 Å². The lowest BCUT2D eigenvalue weighted by molar-refractivity contribution is 0.526. The SMILES string of the molecule is CSCCCCNc1nccn1CC(C)C. The van der Waals surface area contributed by atoms with E-state index < -0.39 is 0 Å². The summed E-state index contributed by atoms with van der Waals surface area (Å²) in [6, 6.07) is 0. The number of anilines is 1. The quantitative estimate of drug-likeness (QED) is 0.709. The van der Waals surface area contributed by atoms with Gasteiger partial charge in [0, 0.05) is 25.5 Å². The summed E-state index contributed by atoms with van der Waals surface area (Å²) in [6.07, 6.45) is 8.56. The smallest absolute Gasteiger partial charge is 0.202 e. The molecule has 0 amide bonds. The van der Waals surface area contributed by atoms with Gasteiger partial charge in [-0.15, -0.1) is 0 Å². The topological polar surface area (TPSA) is 29.9 Å². The second-order valence-electron chi connectivity index (χ2n) is 4.42. The van der Waals surface area contributed by atoms with Crippen molar-refractivity contribution in [1.82, 2.24) is 9.55 Å². The number of hydrogen-bond donors (Lipinski definition) is 1. The summed E-state index contributed by atoms with van der Waals surface area (Å²) in [6.45, 7) is 6.51. The van der Waals surface area contributed by atoms with E-state index in [1.54, 1.807) is 0 Å². The second kappa shape index (κ2) is 7.60. The molecule has 1 heterocycles. The minimum Gasteiger partial charge on any atom is -0.356 e. The number of rotatable bonds is 8. The van der Waals surface area contributed by atoms with Crippen LogP contribution in [0.4, 0.5) is 5.95 Å². The molecule has 16 heavy (non-hydrogen) atoms. The molecule has 0 unspecified atom stereocenters. The maximum Gasteiger partial charge on any atom is 0.202 e. The van der Waals surface area contributed by atoms with E-state index in [0.29, 0.717) is 5.92 Å². The van der Waals surface area contributed by atoms with Gasteiger partial charge in [-0.3, -0.25) is 0 Å². The molecular formula is C12H23N3S. The molecule has 0 bridgehead atoms. The molecule has 0 radical (unpaired) electrons. The van der Waals surface area contributed by atoms with Gasteiger partial charge in [-0.25, -0.2) is 4.98 Å². The zero-order chi connectivity index (χ0) is 11.8. The van der Waals surface area contributed by atoms with E-state index in [2.05, 4.69) is 35.0 Å². The second-order valence-corrected chi connectivity index (χ2v) is 5.41. The molecule has 0 aromatic carbocycles. The molecule has 1 aromatic rings. The minimum atomic E-state index is 0.659. The van der Waals surface area contributed by atoms with Crippen molar-refractivity contribution in [2.24, 2.45) is 5.92 Å². The first-order chi connectivity index (χ1) is 7.74. The van der Waals surface area contributed by atoms with Crippen molar-refractivity contribution in [3.05, 3.63) is 12.4 Å². The highest BCUT2D eigenvalue weighted by atomic mass is 32.2. The first-order valence-electron chi connectivity index (χ1n) is 5.98. The van der Waals surface area contributed by atoms with Gasteiger partial charge < -0.3 is 9.88 Å². The molecule has 0 fully saturated rings. The monoisotopic (exact) mass is 241 g/mol. The van der Waals surface area contributed by atoms with E-state index in [9.17, 15) is 0 Å². The molecule has 0 spiro atoms. The third-order valence-corrected chi connectivity index (χ3v) is 3.03. The van der Waals surface area contributed by atoms with Crippen molar-refractivity contribution >= 4 is 17.7 Å². The van der Waals surface area contributed by atoms with E-state index in [4.69, 9.17) is 0 Å². The molecule has 0 aliphatic heterocycles. The Morgan fingerprint density at radius 3 is 2.94 bits per heavy atom. The molecule has 3 nitrogen and oxygen atoms in total. The van der Waals surface area contributed by atoms with Crippen LogP contribution in [0.3, 0.4) is 0 Å². The van der Waals surface area contributed by atoms with Crippen LogP contribution in [0.5, 0.6) is 0 Å². The number of aromatic nitrogens is 2. The molecule has 1 N–H and O–H groups in total. The van der Waals surface area contributed by atoms with Crippen molar-refractivity contribution in [2.45, 2.75) is 33.2 Å². The Balaban J connectivity index is 2.27. The average Bonchev–Trinajstić information content (AvgIpc) is 2.64. The minimum absolute atomic E-state index is 0.659. The van der Waals surface area contributed by atoms with Gasteiger partial charge in [0.25, 0.3) is 0 Å². The van der Waals surface area contributed by atoms with E-state index in [1.807, 2.05) is 24.2 Å². The van der Waals surface area contributed by atoms with Gasteiger partial charge in [-0.05, 0) is 30.8 Å². The lowest BCUT2D eigenvalue weighted by atomic mass is 10.2. The summed E-state index contributed by atoms with van der Waals surface area (Å²) >= 11 is 1.91. The van der Waals surface area contributed by atoms with E-state index >= 15 is 0 Å². The Morgan fingerprint density at radius 2 is 2.25 bits per heavy atom. The van der Waals surface area contributed by atoms with E-state index in [-0.39, 0.29) is 0 Å². The largest absolute Gasteiger partial charge is 0.356 e. The van der Waals surface area contributed by atoms with Gasteiger partial charge in [0.05, 0.1) is 0 Å². The van der Waals surface area contributed by atoms with Crippen LogP contribution in [-0.4, -0.2) is 28.1 Å². The number of nitrogens with zero attached hydrogens (tertiary/aromatic N) is 2. The lowest BCUT2D eigenvalue weighted by Crippen LogP contribution is -2.11. The summed E-state index contributed by atoms with van der Waals surface area (Å²) in [5, 5.41) is 3.40. The van der Waals surface area contributed by atoms with Gasteiger partial charge in [-0.2, -0.15) is 11.8 Å². The van der Waals surface area contributed by atoms with Gasteiger partial charge in [0.2, 0.25) is 5.95 Å². The molecule has 92 valence electrons. The fourth-order valence-electron chi connectivity index (χ4n) is 1.59. The zero-order valence-corrected chi connectivity index (χ0v) is 11.4. The molecule has 0 saturated carbocycles. The van der Waals surface area contributed by atoms with Gasteiger partial charge in [-0.1, -0.05) is 13.8 Å². The summed E-state index contributed by atoms with van der Waals surface area (Å²) < 4.78 is 2.19. The van der Waals surface area contributed by atoms with Crippen LogP contribution in [-0.2, 0) is 6.54 Å². The molecule has 1 aromatic heterocycles. The number of hydrogen-bond acceptors (Lipinski definition) is 3. The van der Waals surface area contributed by atoms with Crippen molar-refractivity contribution < 1.29 is 0 Å².